The van der Waals surface area contributed by atoms with Gasteiger partial charge in [-0.3, -0.25) is 0 Å². The Morgan fingerprint density at radius 3 is 2.54 bits per heavy atom. The number of amides is 2. The molecule has 9 nitrogen and oxygen atoms in total. The second-order valence-corrected chi connectivity index (χ2v) is 10.5. The van der Waals surface area contributed by atoms with E-state index in [9.17, 15) is 18.5 Å². The van der Waals surface area contributed by atoms with Crippen molar-refractivity contribution < 1.29 is 13.2 Å². The quantitative estimate of drug-likeness (QED) is 0.806. The van der Waals surface area contributed by atoms with Crippen LogP contribution < -0.4 is 5.32 Å². The summed E-state index contributed by atoms with van der Waals surface area (Å²) in [5.41, 5.74) is 0.111. The fraction of sp³-hybridized carbons (Fsp3) is 0.778. The molecule has 1 aliphatic heterocycles. The summed E-state index contributed by atoms with van der Waals surface area (Å²) < 4.78 is 24.9. The molecule has 0 aromatic carbocycles. The number of nitriles is 1. The molecule has 2 heterocycles. The number of rotatable bonds is 4. The molecule has 0 spiro atoms. The van der Waals surface area contributed by atoms with Crippen molar-refractivity contribution in [3.63, 3.8) is 0 Å². The van der Waals surface area contributed by atoms with Crippen molar-refractivity contribution in [3.8, 4) is 6.07 Å². The molecule has 2 aliphatic carbocycles. The summed E-state index contributed by atoms with van der Waals surface area (Å²) in [5.74, 6) is 0.290. The fourth-order valence-corrected chi connectivity index (χ4v) is 5.38. The Bertz CT molecular complexity index is 865. The number of nitrogens with one attached hydrogen (secondary N) is 1. The standard InChI is InChI=1S/C18H26N6O3S/c19-13-18(6-7-18)24-12-15(21-22-24)16(14-4-2-1-3-5-14)20-17(25)23-8-10-28(26,27)11-9-23/h12,14,16H,1-11H2,(H,20,25). The van der Waals surface area contributed by atoms with Gasteiger partial charge in [0.25, 0.3) is 0 Å². The maximum atomic E-state index is 12.8. The average molecular weight is 407 g/mol. The molecular formula is C18H26N6O3S. The van der Waals surface area contributed by atoms with Gasteiger partial charge in [0.05, 0.1) is 29.8 Å². The van der Waals surface area contributed by atoms with E-state index in [1.165, 1.54) is 6.42 Å². The molecule has 4 rings (SSSR count). The van der Waals surface area contributed by atoms with Crippen LogP contribution in [0, 0.1) is 17.2 Å². The molecular weight excluding hydrogens is 380 g/mol. The molecule has 1 N–H and O–H groups in total. The predicted molar refractivity (Wildman–Crippen MR) is 101 cm³/mol. The highest BCUT2D eigenvalue weighted by molar-refractivity contribution is 7.91. The first kappa shape index (κ1) is 19.2. The largest absolute Gasteiger partial charge is 0.329 e. The van der Waals surface area contributed by atoms with E-state index < -0.39 is 15.4 Å². The van der Waals surface area contributed by atoms with Gasteiger partial charge in [0.15, 0.2) is 15.4 Å². The Kier molecular flexibility index (Phi) is 5.04. The third-order valence-corrected chi connectivity index (χ3v) is 7.84. The van der Waals surface area contributed by atoms with Crippen LogP contribution in [0.2, 0.25) is 0 Å². The van der Waals surface area contributed by atoms with Crippen molar-refractivity contribution in [3.05, 3.63) is 11.9 Å². The molecule has 1 atom stereocenters. The zero-order valence-corrected chi connectivity index (χ0v) is 16.7. The van der Waals surface area contributed by atoms with Crippen LogP contribution in [-0.2, 0) is 15.4 Å². The molecule has 1 aromatic heterocycles. The maximum absolute atomic E-state index is 12.8. The molecule has 152 valence electrons. The van der Waals surface area contributed by atoms with Gasteiger partial charge in [-0.2, -0.15) is 5.26 Å². The minimum Gasteiger partial charge on any atom is -0.329 e. The van der Waals surface area contributed by atoms with Crippen molar-refractivity contribution in [2.75, 3.05) is 24.6 Å². The number of nitrogens with zero attached hydrogens (tertiary/aromatic N) is 5. The van der Waals surface area contributed by atoms with Crippen LogP contribution in [0.3, 0.4) is 0 Å². The van der Waals surface area contributed by atoms with Gasteiger partial charge < -0.3 is 10.2 Å². The predicted octanol–water partition coefficient (Wildman–Crippen LogP) is 1.35. The van der Waals surface area contributed by atoms with E-state index in [2.05, 4.69) is 21.7 Å². The lowest BCUT2D eigenvalue weighted by Crippen LogP contribution is -2.50. The molecule has 0 radical (unpaired) electrons. The van der Waals surface area contributed by atoms with Gasteiger partial charge in [0.1, 0.15) is 5.69 Å². The van der Waals surface area contributed by atoms with E-state index in [0.29, 0.717) is 5.69 Å². The second-order valence-electron chi connectivity index (χ2n) is 8.20. The second kappa shape index (κ2) is 7.35. The van der Waals surface area contributed by atoms with Gasteiger partial charge in [0.2, 0.25) is 0 Å². The number of aromatic nitrogens is 3. The van der Waals surface area contributed by atoms with Crippen molar-refractivity contribution in [1.29, 1.82) is 5.26 Å². The molecule has 2 saturated carbocycles. The van der Waals surface area contributed by atoms with Crippen LogP contribution in [0.25, 0.3) is 0 Å². The van der Waals surface area contributed by atoms with E-state index in [1.807, 2.05) is 0 Å². The van der Waals surface area contributed by atoms with E-state index in [0.717, 1.165) is 38.5 Å². The lowest BCUT2D eigenvalue weighted by molar-refractivity contribution is 0.186. The van der Waals surface area contributed by atoms with Crippen LogP contribution in [0.15, 0.2) is 6.20 Å². The first-order valence-electron chi connectivity index (χ1n) is 10.0. The molecule has 1 saturated heterocycles. The van der Waals surface area contributed by atoms with E-state index >= 15 is 0 Å². The summed E-state index contributed by atoms with van der Waals surface area (Å²) in [4.78, 5) is 14.4. The Labute approximate surface area is 165 Å². The third kappa shape index (κ3) is 3.85. The first-order chi connectivity index (χ1) is 13.4. The maximum Gasteiger partial charge on any atom is 0.318 e. The van der Waals surface area contributed by atoms with E-state index in [-0.39, 0.29) is 42.6 Å². The summed E-state index contributed by atoms with van der Waals surface area (Å²) in [7, 11) is -3.04. The van der Waals surface area contributed by atoms with Crippen molar-refractivity contribution in [2.24, 2.45) is 5.92 Å². The summed E-state index contributed by atoms with van der Waals surface area (Å²) in [6.45, 7) is 0.436. The molecule has 1 unspecified atom stereocenters. The highest BCUT2D eigenvalue weighted by Gasteiger charge is 2.47. The van der Waals surface area contributed by atoms with Crippen LogP contribution in [-0.4, -0.2) is 58.9 Å². The van der Waals surface area contributed by atoms with Gasteiger partial charge in [-0.25, -0.2) is 17.9 Å². The smallest absolute Gasteiger partial charge is 0.318 e. The van der Waals surface area contributed by atoms with Crippen LogP contribution in [0.1, 0.15) is 56.7 Å². The number of carbonyl (C=O) groups is 1. The molecule has 10 heteroatoms. The molecule has 1 aromatic rings. The molecule has 28 heavy (non-hydrogen) atoms. The minimum absolute atomic E-state index is 0.00931. The zero-order valence-electron chi connectivity index (χ0n) is 15.9. The topological polar surface area (TPSA) is 121 Å². The number of hydrogen-bond donors (Lipinski definition) is 1. The Morgan fingerprint density at radius 1 is 1.25 bits per heavy atom. The summed E-state index contributed by atoms with van der Waals surface area (Å²) in [6, 6.07) is 1.79. The van der Waals surface area contributed by atoms with Crippen LogP contribution in [0.4, 0.5) is 4.79 Å². The van der Waals surface area contributed by atoms with Gasteiger partial charge in [-0.1, -0.05) is 24.5 Å². The van der Waals surface area contributed by atoms with Crippen LogP contribution in [0.5, 0.6) is 0 Å². The summed E-state index contributed by atoms with van der Waals surface area (Å²) in [6.07, 6.45) is 8.81. The number of carbonyl (C=O) groups excluding carboxylic acids is 1. The lowest BCUT2D eigenvalue weighted by atomic mass is 9.83. The zero-order chi connectivity index (χ0) is 19.8. The number of hydrogen-bond acceptors (Lipinski definition) is 6. The highest BCUT2D eigenvalue weighted by Crippen LogP contribution is 2.42. The highest BCUT2D eigenvalue weighted by atomic mass is 32.2. The monoisotopic (exact) mass is 406 g/mol. The Morgan fingerprint density at radius 2 is 1.93 bits per heavy atom. The fourth-order valence-electron chi connectivity index (χ4n) is 4.18. The molecule has 0 bridgehead atoms. The number of sulfone groups is 1. The normalized spacial score (nSPS) is 24.9. The molecule has 2 amide bonds. The van der Waals surface area contributed by atoms with E-state index in [4.69, 9.17) is 0 Å². The van der Waals surface area contributed by atoms with Gasteiger partial charge >= 0.3 is 6.03 Å². The summed E-state index contributed by atoms with van der Waals surface area (Å²) in [5, 5.41) is 21.0. The Hall–Kier alpha value is -2.15. The van der Waals surface area contributed by atoms with Crippen LogP contribution >= 0.6 is 0 Å². The minimum atomic E-state index is -3.04. The molecule has 3 fully saturated rings. The van der Waals surface area contributed by atoms with Crippen molar-refractivity contribution in [1.82, 2.24) is 25.2 Å². The lowest BCUT2D eigenvalue weighted by Gasteiger charge is -2.33. The van der Waals surface area contributed by atoms with Crippen molar-refractivity contribution >= 4 is 15.9 Å². The van der Waals surface area contributed by atoms with Gasteiger partial charge in [-0.05, 0) is 31.6 Å². The average Bonchev–Trinajstić information content (AvgIpc) is 3.35. The Balaban J connectivity index is 1.51. The van der Waals surface area contributed by atoms with Crippen molar-refractivity contribution in [2.45, 2.75) is 56.5 Å². The first-order valence-corrected chi connectivity index (χ1v) is 11.8. The summed E-state index contributed by atoms with van der Waals surface area (Å²) >= 11 is 0. The van der Waals surface area contributed by atoms with Gasteiger partial charge in [0, 0.05) is 13.1 Å². The van der Waals surface area contributed by atoms with E-state index in [1.54, 1.807) is 15.8 Å². The number of urea groups is 1. The third-order valence-electron chi connectivity index (χ3n) is 6.23. The van der Waals surface area contributed by atoms with Gasteiger partial charge in [-0.15, -0.1) is 5.10 Å². The molecule has 3 aliphatic rings. The SMILES string of the molecule is N#CC1(n2cc(C(NC(=O)N3CCS(=O)(=O)CC3)C3CCCCC3)nn2)CC1.